The molecule has 1 aliphatic carbocycles. The lowest BCUT2D eigenvalue weighted by Gasteiger charge is -2.29. The normalized spacial score (nSPS) is 19.5. The largest absolute Gasteiger partial charge is 0.366 e. The number of fused-ring (bicyclic) bond motifs is 1. The Morgan fingerprint density at radius 2 is 2.14 bits per heavy atom. The highest BCUT2D eigenvalue weighted by Gasteiger charge is 2.23. The van der Waals surface area contributed by atoms with E-state index in [0.29, 0.717) is 24.3 Å². The van der Waals surface area contributed by atoms with Crippen molar-refractivity contribution in [1.82, 2.24) is 14.3 Å². The second-order valence-corrected chi connectivity index (χ2v) is 8.95. The summed E-state index contributed by atoms with van der Waals surface area (Å²) in [6.45, 7) is 5.55. The zero-order chi connectivity index (χ0) is 19.5. The highest BCUT2D eigenvalue weighted by Crippen LogP contribution is 2.33. The van der Waals surface area contributed by atoms with Crippen LogP contribution in [-0.4, -0.2) is 26.2 Å². The van der Waals surface area contributed by atoms with Crippen molar-refractivity contribution in [3.63, 3.8) is 0 Å². The fourth-order valence-electron chi connectivity index (χ4n) is 3.62. The number of carbonyl (C=O) groups is 1. The van der Waals surface area contributed by atoms with E-state index in [1.807, 2.05) is 24.4 Å². The molecule has 0 aromatic carbocycles. The summed E-state index contributed by atoms with van der Waals surface area (Å²) in [6.07, 6.45) is 6.27. The number of allylic oxidation sites excluding steroid dienone is 1. The van der Waals surface area contributed by atoms with E-state index in [1.165, 1.54) is 17.6 Å². The molecular formula is C20H23N5OS2. The van der Waals surface area contributed by atoms with E-state index >= 15 is 0 Å². The molecular weight excluding hydrogens is 390 g/mol. The lowest BCUT2D eigenvalue weighted by molar-refractivity contribution is -0.115. The summed E-state index contributed by atoms with van der Waals surface area (Å²) >= 11 is 3.06. The van der Waals surface area contributed by atoms with Gasteiger partial charge in [0.2, 0.25) is 5.95 Å². The van der Waals surface area contributed by atoms with Gasteiger partial charge in [0.25, 0.3) is 0 Å². The molecule has 6 nitrogen and oxygen atoms in total. The van der Waals surface area contributed by atoms with Gasteiger partial charge in [-0.25, -0.2) is 4.98 Å². The highest BCUT2D eigenvalue weighted by atomic mass is 32.1. The van der Waals surface area contributed by atoms with E-state index in [1.54, 1.807) is 11.3 Å². The lowest BCUT2D eigenvalue weighted by atomic mass is 9.83. The van der Waals surface area contributed by atoms with Gasteiger partial charge in [-0.1, -0.05) is 6.58 Å². The second kappa shape index (κ2) is 8.36. The van der Waals surface area contributed by atoms with Crippen LogP contribution in [0.25, 0.3) is 10.2 Å². The van der Waals surface area contributed by atoms with E-state index in [0.717, 1.165) is 52.4 Å². The van der Waals surface area contributed by atoms with Gasteiger partial charge in [-0.05, 0) is 73.6 Å². The zero-order valence-electron chi connectivity index (χ0n) is 15.8. The van der Waals surface area contributed by atoms with E-state index in [2.05, 4.69) is 26.6 Å². The Morgan fingerprint density at radius 3 is 2.86 bits per heavy atom. The number of carbonyl (C=O) groups excluding carboxylic acids is 1. The third kappa shape index (κ3) is 4.39. The molecule has 0 atom stereocenters. The molecule has 0 bridgehead atoms. The molecule has 2 N–H and O–H groups in total. The molecule has 1 fully saturated rings. The molecule has 28 heavy (non-hydrogen) atoms. The molecule has 0 radical (unpaired) electrons. The zero-order valence-corrected chi connectivity index (χ0v) is 17.4. The van der Waals surface area contributed by atoms with E-state index in [-0.39, 0.29) is 5.78 Å². The van der Waals surface area contributed by atoms with Crippen LogP contribution in [0.4, 0.5) is 16.8 Å². The first-order chi connectivity index (χ1) is 13.6. The lowest BCUT2D eigenvalue weighted by Crippen LogP contribution is -2.27. The maximum atomic E-state index is 11.6. The topological polar surface area (TPSA) is 79.8 Å². The van der Waals surface area contributed by atoms with Crippen LogP contribution in [0.15, 0.2) is 30.2 Å². The molecule has 1 aliphatic rings. The van der Waals surface area contributed by atoms with Gasteiger partial charge in [-0.15, -0.1) is 11.3 Å². The van der Waals surface area contributed by atoms with Gasteiger partial charge in [0.15, 0.2) is 5.78 Å². The summed E-state index contributed by atoms with van der Waals surface area (Å²) in [6, 6.07) is 4.38. The number of nitrogens with one attached hydrogen (secondary N) is 2. The van der Waals surface area contributed by atoms with Crippen LogP contribution in [0.2, 0.25) is 0 Å². The molecule has 146 valence electrons. The molecule has 3 heterocycles. The fourth-order valence-corrected chi connectivity index (χ4v) is 5.06. The Kier molecular flexibility index (Phi) is 5.68. The third-order valence-electron chi connectivity index (χ3n) is 5.07. The molecule has 4 rings (SSSR count). The number of ketones is 1. The van der Waals surface area contributed by atoms with Crippen molar-refractivity contribution >= 4 is 55.6 Å². The molecule has 0 aliphatic heterocycles. The number of aryl methyl sites for hydroxylation is 1. The monoisotopic (exact) mass is 413 g/mol. The second-order valence-electron chi connectivity index (χ2n) is 7.22. The number of hydrogen-bond donors (Lipinski definition) is 2. The van der Waals surface area contributed by atoms with Gasteiger partial charge in [-0.3, -0.25) is 4.79 Å². The standard InChI is InChI=1S/C20H23N5OS2/c1-3-15(26)11-13-4-6-14(7-5-13)21-19-18-16(8-9-27-18)22-20(24-19)23-17-10-12(2)25-28-17/h3,8-10,13-14H,1,4-7,11H2,2H3,(H2,21,22,23,24). The van der Waals surface area contributed by atoms with E-state index < -0.39 is 0 Å². The first-order valence-corrected chi connectivity index (χ1v) is 11.1. The molecule has 0 saturated heterocycles. The minimum absolute atomic E-state index is 0.154. The average molecular weight is 414 g/mol. The van der Waals surface area contributed by atoms with Crippen molar-refractivity contribution in [1.29, 1.82) is 0 Å². The first kappa shape index (κ1) is 19.0. The van der Waals surface area contributed by atoms with Gasteiger partial charge in [0.05, 0.1) is 15.9 Å². The number of thiophene rings is 1. The summed E-state index contributed by atoms with van der Waals surface area (Å²) in [5.41, 5.74) is 1.92. The number of anilines is 3. The average Bonchev–Trinajstić information content (AvgIpc) is 3.32. The number of hydrogen-bond acceptors (Lipinski definition) is 8. The van der Waals surface area contributed by atoms with Crippen molar-refractivity contribution < 1.29 is 4.79 Å². The Balaban J connectivity index is 1.47. The van der Waals surface area contributed by atoms with Gasteiger partial charge in [0, 0.05) is 12.5 Å². The van der Waals surface area contributed by atoms with Crippen molar-refractivity contribution in [2.24, 2.45) is 5.92 Å². The van der Waals surface area contributed by atoms with E-state index in [4.69, 9.17) is 4.98 Å². The van der Waals surface area contributed by atoms with Crippen LogP contribution in [0, 0.1) is 12.8 Å². The van der Waals surface area contributed by atoms with Crippen molar-refractivity contribution in [2.75, 3.05) is 10.6 Å². The first-order valence-electron chi connectivity index (χ1n) is 9.48. The molecule has 8 heteroatoms. The fraction of sp³-hybridized carbons (Fsp3) is 0.400. The molecule has 3 aromatic heterocycles. The summed E-state index contributed by atoms with van der Waals surface area (Å²) < 4.78 is 5.37. The SMILES string of the molecule is C=CC(=O)CC1CCC(Nc2nc(Nc3cc(C)ns3)nc3ccsc23)CC1. The quantitative estimate of drug-likeness (QED) is 0.511. The van der Waals surface area contributed by atoms with Crippen molar-refractivity contribution in [2.45, 2.75) is 45.1 Å². The Labute approximate surface area is 172 Å². The Morgan fingerprint density at radius 1 is 1.32 bits per heavy atom. The minimum Gasteiger partial charge on any atom is -0.366 e. The molecule has 0 amide bonds. The van der Waals surface area contributed by atoms with E-state index in [9.17, 15) is 4.79 Å². The Bertz CT molecular complexity index is 988. The molecule has 0 spiro atoms. The predicted molar refractivity (Wildman–Crippen MR) is 117 cm³/mol. The summed E-state index contributed by atoms with van der Waals surface area (Å²) in [7, 11) is 0. The maximum absolute atomic E-state index is 11.6. The number of aromatic nitrogens is 3. The molecule has 3 aromatic rings. The van der Waals surface area contributed by atoms with Crippen LogP contribution in [-0.2, 0) is 4.79 Å². The van der Waals surface area contributed by atoms with Crippen LogP contribution in [0.5, 0.6) is 0 Å². The maximum Gasteiger partial charge on any atom is 0.230 e. The van der Waals surface area contributed by atoms with Gasteiger partial charge < -0.3 is 10.6 Å². The molecule has 1 saturated carbocycles. The van der Waals surface area contributed by atoms with Crippen LogP contribution >= 0.6 is 22.9 Å². The van der Waals surface area contributed by atoms with Crippen molar-refractivity contribution in [3.8, 4) is 0 Å². The Hall–Kier alpha value is -2.32. The minimum atomic E-state index is 0.154. The van der Waals surface area contributed by atoms with Crippen molar-refractivity contribution in [3.05, 3.63) is 35.9 Å². The third-order valence-corrected chi connectivity index (χ3v) is 6.78. The van der Waals surface area contributed by atoms with Crippen LogP contribution in [0.3, 0.4) is 0 Å². The highest BCUT2D eigenvalue weighted by molar-refractivity contribution is 7.17. The smallest absolute Gasteiger partial charge is 0.230 e. The molecule has 0 unspecified atom stereocenters. The number of rotatable bonds is 7. The van der Waals surface area contributed by atoms with Crippen LogP contribution < -0.4 is 10.6 Å². The summed E-state index contributed by atoms with van der Waals surface area (Å²) in [4.78, 5) is 21.0. The van der Waals surface area contributed by atoms with Gasteiger partial charge in [0.1, 0.15) is 10.8 Å². The van der Waals surface area contributed by atoms with Gasteiger partial charge >= 0.3 is 0 Å². The number of nitrogens with zero attached hydrogens (tertiary/aromatic N) is 3. The summed E-state index contributed by atoms with van der Waals surface area (Å²) in [5, 5.41) is 9.88. The summed E-state index contributed by atoms with van der Waals surface area (Å²) in [5.74, 6) is 2.10. The predicted octanol–water partition coefficient (Wildman–Crippen LogP) is 5.32. The van der Waals surface area contributed by atoms with Crippen LogP contribution in [0.1, 0.15) is 37.8 Å². The van der Waals surface area contributed by atoms with Gasteiger partial charge in [-0.2, -0.15) is 9.36 Å².